The summed E-state index contributed by atoms with van der Waals surface area (Å²) in [7, 11) is 0. The Kier molecular flexibility index (Phi) is 3.12. The van der Waals surface area contributed by atoms with Crippen LogP contribution >= 0.6 is 31.9 Å². The van der Waals surface area contributed by atoms with Gasteiger partial charge >= 0.3 is 5.97 Å². The molecule has 4 heteroatoms. The zero-order valence-electron chi connectivity index (χ0n) is 6.73. The van der Waals surface area contributed by atoms with Crippen LogP contribution < -0.4 is 0 Å². The number of ether oxygens (including phenoxy) is 1. The van der Waals surface area contributed by atoms with Crippen LogP contribution in [0.15, 0.2) is 20.6 Å². The van der Waals surface area contributed by atoms with E-state index in [2.05, 4.69) is 31.9 Å². The van der Waals surface area contributed by atoms with Gasteiger partial charge in [0.05, 0.1) is 0 Å². The van der Waals surface area contributed by atoms with E-state index in [1.165, 1.54) is 0 Å². The number of rotatable bonds is 1. The second kappa shape index (κ2) is 3.75. The Bertz CT molecular complexity index is 275. The van der Waals surface area contributed by atoms with Gasteiger partial charge in [-0.2, -0.15) is 0 Å². The molecule has 0 saturated carbocycles. The number of hydrogen-bond donors (Lipinski definition) is 0. The van der Waals surface area contributed by atoms with E-state index in [0.29, 0.717) is 5.57 Å². The summed E-state index contributed by atoms with van der Waals surface area (Å²) in [5.74, 6) is -0.253. The summed E-state index contributed by atoms with van der Waals surface area (Å²) in [5, 5.41) is 0. The average Bonchev–Trinajstić information content (AvgIpc) is 2.17. The van der Waals surface area contributed by atoms with E-state index in [0.717, 1.165) is 8.96 Å². The molecule has 0 aromatic heterocycles. The molecule has 0 aromatic rings. The van der Waals surface area contributed by atoms with Gasteiger partial charge in [-0.15, -0.1) is 0 Å². The van der Waals surface area contributed by atoms with Gasteiger partial charge in [0, 0.05) is 10.1 Å². The van der Waals surface area contributed by atoms with Gasteiger partial charge in [-0.25, -0.2) is 4.79 Å². The van der Waals surface area contributed by atoms with E-state index in [1.807, 2.05) is 13.0 Å². The van der Waals surface area contributed by atoms with Crippen LogP contribution in [0.5, 0.6) is 0 Å². The molecule has 2 nitrogen and oxygen atoms in total. The largest absolute Gasteiger partial charge is 0.449 e. The minimum absolute atomic E-state index is 0.253. The van der Waals surface area contributed by atoms with Gasteiger partial charge in [-0.1, -0.05) is 31.9 Å². The third-order valence-electron chi connectivity index (χ3n) is 1.53. The average molecular weight is 296 g/mol. The maximum absolute atomic E-state index is 11.0. The van der Waals surface area contributed by atoms with Crippen molar-refractivity contribution in [2.45, 2.75) is 20.0 Å². The molecule has 1 rings (SSSR count). The zero-order chi connectivity index (χ0) is 9.30. The third kappa shape index (κ3) is 1.98. The summed E-state index contributed by atoms with van der Waals surface area (Å²) in [5.41, 5.74) is 0.644. The predicted molar refractivity (Wildman–Crippen MR) is 54.2 cm³/mol. The molecule has 12 heavy (non-hydrogen) atoms. The number of esters is 1. The van der Waals surface area contributed by atoms with Crippen LogP contribution in [0.2, 0.25) is 0 Å². The first-order valence-corrected chi connectivity index (χ1v) is 5.02. The van der Waals surface area contributed by atoms with Crippen molar-refractivity contribution in [2.75, 3.05) is 0 Å². The summed E-state index contributed by atoms with van der Waals surface area (Å²) >= 11 is 6.59. The maximum atomic E-state index is 11.0. The van der Waals surface area contributed by atoms with E-state index >= 15 is 0 Å². The van der Waals surface area contributed by atoms with Crippen LogP contribution in [-0.4, -0.2) is 12.1 Å². The summed E-state index contributed by atoms with van der Waals surface area (Å²) in [6.45, 7) is 3.63. The van der Waals surface area contributed by atoms with Gasteiger partial charge < -0.3 is 4.74 Å². The normalized spacial score (nSPS) is 24.8. The molecule has 0 N–H and O–H groups in total. The number of halogens is 2. The van der Waals surface area contributed by atoms with Gasteiger partial charge in [0.2, 0.25) is 0 Å². The SMILES string of the molecule is CC1=C(Br)C(/C=C(/C)Br)OC1=O. The highest BCUT2D eigenvalue weighted by Gasteiger charge is 2.27. The Labute approximate surface area is 87.9 Å². The number of carbonyl (C=O) groups is 1. The Hall–Kier alpha value is -0.0900. The minimum Gasteiger partial charge on any atom is -0.449 e. The molecule has 1 aliphatic heterocycles. The fourth-order valence-electron chi connectivity index (χ4n) is 0.882. The fourth-order valence-corrected chi connectivity index (χ4v) is 1.51. The van der Waals surface area contributed by atoms with Gasteiger partial charge in [0.25, 0.3) is 0 Å². The molecule has 0 saturated heterocycles. The van der Waals surface area contributed by atoms with E-state index in [1.54, 1.807) is 6.92 Å². The van der Waals surface area contributed by atoms with Crippen molar-refractivity contribution >= 4 is 37.8 Å². The molecule has 0 aliphatic carbocycles. The third-order valence-corrected chi connectivity index (χ3v) is 2.84. The van der Waals surface area contributed by atoms with Crippen molar-refractivity contribution in [1.29, 1.82) is 0 Å². The van der Waals surface area contributed by atoms with Crippen molar-refractivity contribution in [3.63, 3.8) is 0 Å². The van der Waals surface area contributed by atoms with Crippen molar-refractivity contribution in [3.05, 3.63) is 20.6 Å². The topological polar surface area (TPSA) is 26.3 Å². The molecule has 0 fully saturated rings. The molecule has 0 spiro atoms. The van der Waals surface area contributed by atoms with Gasteiger partial charge in [0.1, 0.15) is 0 Å². The molecular weight excluding hydrogens is 288 g/mol. The highest BCUT2D eigenvalue weighted by molar-refractivity contribution is 9.12. The monoisotopic (exact) mass is 294 g/mol. The first-order chi connectivity index (χ1) is 5.52. The van der Waals surface area contributed by atoms with Gasteiger partial charge in [0.15, 0.2) is 6.10 Å². The number of cyclic esters (lactones) is 1. The number of carbonyl (C=O) groups excluding carboxylic acids is 1. The van der Waals surface area contributed by atoms with Gasteiger partial charge in [-0.05, 0) is 24.4 Å². The second-order valence-corrected chi connectivity index (χ2v) is 4.66. The zero-order valence-corrected chi connectivity index (χ0v) is 9.90. The van der Waals surface area contributed by atoms with Crippen molar-refractivity contribution < 1.29 is 9.53 Å². The van der Waals surface area contributed by atoms with E-state index < -0.39 is 0 Å². The van der Waals surface area contributed by atoms with E-state index in [-0.39, 0.29) is 12.1 Å². The molecule has 0 amide bonds. The Balaban J connectivity index is 2.88. The summed E-state index contributed by atoms with van der Waals surface area (Å²) in [6.07, 6.45) is 1.58. The standard InChI is InChI=1S/C8H8Br2O2/c1-4(9)3-6-7(10)5(2)8(11)12-6/h3,6H,1-2H3/b4-3-. The maximum Gasteiger partial charge on any atom is 0.335 e. The molecule has 1 atom stereocenters. The molecule has 0 bridgehead atoms. The minimum atomic E-state index is -0.253. The lowest BCUT2D eigenvalue weighted by molar-refractivity contribution is -0.138. The quantitative estimate of drug-likeness (QED) is 0.695. The first-order valence-electron chi connectivity index (χ1n) is 3.43. The molecule has 1 aliphatic rings. The van der Waals surface area contributed by atoms with Crippen molar-refractivity contribution in [1.82, 2.24) is 0 Å². The molecule has 1 heterocycles. The van der Waals surface area contributed by atoms with Crippen LogP contribution in [0.25, 0.3) is 0 Å². The lowest BCUT2D eigenvalue weighted by Crippen LogP contribution is -2.06. The molecule has 0 radical (unpaired) electrons. The Morgan fingerprint density at radius 1 is 1.67 bits per heavy atom. The summed E-state index contributed by atoms with van der Waals surface area (Å²) < 4.78 is 6.79. The van der Waals surface area contributed by atoms with Crippen LogP contribution in [0.1, 0.15) is 13.8 Å². The van der Waals surface area contributed by atoms with Crippen molar-refractivity contribution in [3.8, 4) is 0 Å². The fraction of sp³-hybridized carbons (Fsp3) is 0.375. The molecule has 66 valence electrons. The smallest absolute Gasteiger partial charge is 0.335 e. The van der Waals surface area contributed by atoms with Crippen LogP contribution in [0, 0.1) is 0 Å². The van der Waals surface area contributed by atoms with E-state index in [9.17, 15) is 4.79 Å². The second-order valence-electron chi connectivity index (χ2n) is 2.55. The summed E-state index contributed by atoms with van der Waals surface area (Å²) in [6, 6.07) is 0. The van der Waals surface area contributed by atoms with Crippen LogP contribution in [0.4, 0.5) is 0 Å². The lowest BCUT2D eigenvalue weighted by Gasteiger charge is -2.04. The van der Waals surface area contributed by atoms with Gasteiger partial charge in [-0.3, -0.25) is 0 Å². The van der Waals surface area contributed by atoms with Crippen LogP contribution in [-0.2, 0) is 9.53 Å². The Morgan fingerprint density at radius 3 is 2.58 bits per heavy atom. The highest BCUT2D eigenvalue weighted by atomic mass is 79.9. The number of hydrogen-bond acceptors (Lipinski definition) is 2. The predicted octanol–water partition coefficient (Wildman–Crippen LogP) is 2.88. The summed E-state index contributed by atoms with van der Waals surface area (Å²) in [4.78, 5) is 11.0. The Morgan fingerprint density at radius 2 is 2.25 bits per heavy atom. The highest BCUT2D eigenvalue weighted by Crippen LogP contribution is 2.29. The lowest BCUT2D eigenvalue weighted by atomic mass is 10.2. The molecule has 0 aromatic carbocycles. The van der Waals surface area contributed by atoms with Crippen molar-refractivity contribution in [2.24, 2.45) is 0 Å². The van der Waals surface area contributed by atoms with E-state index in [4.69, 9.17) is 4.74 Å². The number of allylic oxidation sites excluding steroid dienone is 1. The first kappa shape index (κ1) is 9.99. The molecule has 1 unspecified atom stereocenters. The molecular formula is C8H8Br2O2. The van der Waals surface area contributed by atoms with Crippen LogP contribution in [0.3, 0.4) is 0 Å².